The van der Waals surface area contributed by atoms with Crippen LogP contribution in [0.25, 0.3) is 0 Å². The van der Waals surface area contributed by atoms with Gasteiger partial charge in [-0.15, -0.1) is 0 Å². The highest BCUT2D eigenvalue weighted by Crippen LogP contribution is 2.17. The van der Waals surface area contributed by atoms with Crippen LogP contribution >= 0.6 is 0 Å². The van der Waals surface area contributed by atoms with Crippen LogP contribution in [-0.4, -0.2) is 55.1 Å². The van der Waals surface area contributed by atoms with Gasteiger partial charge in [0.2, 0.25) is 5.91 Å². The molecule has 1 aliphatic heterocycles. The van der Waals surface area contributed by atoms with Crippen molar-refractivity contribution in [1.29, 1.82) is 0 Å². The maximum atomic E-state index is 12.0. The molecule has 150 valence electrons. The van der Waals surface area contributed by atoms with Crippen LogP contribution in [-0.2, 0) is 16.1 Å². The minimum atomic E-state index is -0.236. The second kappa shape index (κ2) is 10.3. The number of benzene rings is 1. The van der Waals surface area contributed by atoms with Crippen LogP contribution in [0.3, 0.4) is 0 Å². The van der Waals surface area contributed by atoms with E-state index in [9.17, 15) is 4.79 Å². The number of ether oxygens (including phenoxy) is 1. The lowest BCUT2D eigenvalue weighted by molar-refractivity contribution is -0.121. The second-order valence-electron chi connectivity index (χ2n) is 8.07. The number of guanidine groups is 1. The number of amides is 1. The molecule has 1 aromatic carbocycles. The standard InChI is InChI=1S/C21H34N4O2/c1-5-22-20(23-13-19(26)24-21(2,3)4)25-12-11-18(14-25)16-27-15-17-9-7-6-8-10-17/h6-10,18H,5,11-16H2,1-4H3,(H,22,23)(H,24,26). The number of rotatable bonds is 7. The van der Waals surface area contributed by atoms with Gasteiger partial charge in [0.05, 0.1) is 13.2 Å². The molecule has 2 rings (SSSR count). The number of hydrogen-bond donors (Lipinski definition) is 2. The van der Waals surface area contributed by atoms with Crippen LogP contribution in [0.2, 0.25) is 0 Å². The highest BCUT2D eigenvalue weighted by atomic mass is 16.5. The Morgan fingerprint density at radius 2 is 2.04 bits per heavy atom. The summed E-state index contributed by atoms with van der Waals surface area (Å²) in [5, 5.41) is 6.25. The molecule has 0 bridgehead atoms. The summed E-state index contributed by atoms with van der Waals surface area (Å²) in [6.07, 6.45) is 1.08. The van der Waals surface area contributed by atoms with Crippen molar-refractivity contribution in [3.8, 4) is 0 Å². The largest absolute Gasteiger partial charge is 0.376 e. The number of aliphatic imine (C=N–C) groups is 1. The van der Waals surface area contributed by atoms with Gasteiger partial charge in [-0.3, -0.25) is 4.79 Å². The Bertz CT molecular complexity index is 610. The third-order valence-corrected chi connectivity index (χ3v) is 4.27. The topological polar surface area (TPSA) is 66.0 Å². The molecule has 0 radical (unpaired) electrons. The van der Waals surface area contributed by atoms with Crippen LogP contribution in [0.15, 0.2) is 35.3 Å². The van der Waals surface area contributed by atoms with Crippen molar-refractivity contribution in [3.05, 3.63) is 35.9 Å². The molecule has 1 aliphatic rings. The zero-order valence-corrected chi connectivity index (χ0v) is 17.1. The average Bonchev–Trinajstić information content (AvgIpc) is 3.07. The Morgan fingerprint density at radius 3 is 2.70 bits per heavy atom. The zero-order chi connectivity index (χ0) is 19.7. The summed E-state index contributed by atoms with van der Waals surface area (Å²) >= 11 is 0. The van der Waals surface area contributed by atoms with Gasteiger partial charge in [-0.25, -0.2) is 4.99 Å². The smallest absolute Gasteiger partial charge is 0.242 e. The Balaban J connectivity index is 1.80. The van der Waals surface area contributed by atoms with E-state index < -0.39 is 0 Å². The first-order chi connectivity index (χ1) is 12.9. The predicted molar refractivity (Wildman–Crippen MR) is 110 cm³/mol. The fourth-order valence-electron chi connectivity index (χ4n) is 3.11. The number of carbonyl (C=O) groups is 1. The van der Waals surface area contributed by atoms with Crippen molar-refractivity contribution in [2.24, 2.45) is 10.9 Å². The first-order valence-corrected chi connectivity index (χ1v) is 9.83. The summed E-state index contributed by atoms with van der Waals surface area (Å²) in [4.78, 5) is 18.8. The lowest BCUT2D eigenvalue weighted by Gasteiger charge is -2.23. The first kappa shape index (κ1) is 21.2. The minimum absolute atomic E-state index is 0.0557. The molecule has 6 heteroatoms. The van der Waals surface area contributed by atoms with Crippen molar-refractivity contribution >= 4 is 11.9 Å². The molecule has 0 aromatic heterocycles. The first-order valence-electron chi connectivity index (χ1n) is 9.83. The average molecular weight is 375 g/mol. The molecule has 1 fully saturated rings. The van der Waals surface area contributed by atoms with Crippen molar-refractivity contribution in [3.63, 3.8) is 0 Å². The van der Waals surface area contributed by atoms with Crippen molar-refractivity contribution in [2.45, 2.75) is 46.3 Å². The fourth-order valence-corrected chi connectivity index (χ4v) is 3.11. The maximum absolute atomic E-state index is 12.0. The molecule has 27 heavy (non-hydrogen) atoms. The molecule has 2 N–H and O–H groups in total. The van der Waals surface area contributed by atoms with E-state index in [1.54, 1.807) is 0 Å². The van der Waals surface area contributed by atoms with Gasteiger partial charge in [-0.05, 0) is 39.7 Å². The summed E-state index contributed by atoms with van der Waals surface area (Å²) < 4.78 is 5.89. The normalized spacial score (nSPS) is 17.9. The summed E-state index contributed by atoms with van der Waals surface area (Å²) in [7, 11) is 0. The van der Waals surface area contributed by atoms with Crippen LogP contribution in [0, 0.1) is 5.92 Å². The van der Waals surface area contributed by atoms with Gasteiger partial charge in [-0.1, -0.05) is 30.3 Å². The third kappa shape index (κ3) is 7.99. The van der Waals surface area contributed by atoms with Crippen LogP contribution < -0.4 is 10.6 Å². The van der Waals surface area contributed by atoms with E-state index in [-0.39, 0.29) is 18.0 Å². The quantitative estimate of drug-likeness (QED) is 0.568. The summed E-state index contributed by atoms with van der Waals surface area (Å²) in [5.74, 6) is 1.24. The van der Waals surface area contributed by atoms with E-state index >= 15 is 0 Å². The molecule has 1 saturated heterocycles. The van der Waals surface area contributed by atoms with E-state index in [1.807, 2.05) is 45.9 Å². The predicted octanol–water partition coefficient (Wildman–Crippen LogP) is 2.41. The molecule has 1 amide bonds. The molecule has 0 aliphatic carbocycles. The molecule has 0 spiro atoms. The SMILES string of the molecule is CCNC(=NCC(=O)NC(C)(C)C)N1CCC(COCc2ccccc2)C1. The van der Waals surface area contributed by atoms with E-state index in [0.717, 1.165) is 38.6 Å². The lowest BCUT2D eigenvalue weighted by atomic mass is 10.1. The van der Waals surface area contributed by atoms with Crippen molar-refractivity contribution < 1.29 is 9.53 Å². The highest BCUT2D eigenvalue weighted by molar-refractivity contribution is 5.85. The Hall–Kier alpha value is -2.08. The van der Waals surface area contributed by atoms with Gasteiger partial charge in [-0.2, -0.15) is 0 Å². The van der Waals surface area contributed by atoms with Crippen molar-refractivity contribution in [2.75, 3.05) is 32.8 Å². The highest BCUT2D eigenvalue weighted by Gasteiger charge is 2.25. The Kier molecular flexibility index (Phi) is 8.10. The van der Waals surface area contributed by atoms with E-state index in [4.69, 9.17) is 4.74 Å². The van der Waals surface area contributed by atoms with Gasteiger partial charge in [0, 0.05) is 31.1 Å². The van der Waals surface area contributed by atoms with Gasteiger partial charge in [0.25, 0.3) is 0 Å². The second-order valence-corrected chi connectivity index (χ2v) is 8.07. The van der Waals surface area contributed by atoms with E-state index in [2.05, 4.69) is 32.7 Å². The molecule has 1 heterocycles. The Morgan fingerprint density at radius 1 is 1.30 bits per heavy atom. The van der Waals surface area contributed by atoms with E-state index in [0.29, 0.717) is 12.5 Å². The number of nitrogens with one attached hydrogen (secondary N) is 2. The summed E-state index contributed by atoms with van der Waals surface area (Å²) in [5.41, 5.74) is 0.965. The Labute approximate surface area is 163 Å². The fraction of sp³-hybridized carbons (Fsp3) is 0.619. The van der Waals surface area contributed by atoms with Gasteiger partial charge in [0.15, 0.2) is 5.96 Å². The van der Waals surface area contributed by atoms with Gasteiger partial charge < -0.3 is 20.3 Å². The molecule has 6 nitrogen and oxygen atoms in total. The number of hydrogen-bond acceptors (Lipinski definition) is 3. The van der Waals surface area contributed by atoms with Crippen LogP contribution in [0.5, 0.6) is 0 Å². The van der Waals surface area contributed by atoms with Crippen LogP contribution in [0.4, 0.5) is 0 Å². The summed E-state index contributed by atoms with van der Waals surface area (Å²) in [6.45, 7) is 12.1. The molecular formula is C21H34N4O2. The maximum Gasteiger partial charge on any atom is 0.242 e. The van der Waals surface area contributed by atoms with Gasteiger partial charge in [0.1, 0.15) is 6.54 Å². The van der Waals surface area contributed by atoms with Crippen molar-refractivity contribution in [1.82, 2.24) is 15.5 Å². The molecule has 0 saturated carbocycles. The molecule has 1 unspecified atom stereocenters. The summed E-state index contributed by atoms with van der Waals surface area (Å²) in [6, 6.07) is 10.2. The number of carbonyl (C=O) groups excluding carboxylic acids is 1. The van der Waals surface area contributed by atoms with Crippen LogP contribution in [0.1, 0.15) is 39.7 Å². The minimum Gasteiger partial charge on any atom is -0.376 e. The third-order valence-electron chi connectivity index (χ3n) is 4.27. The van der Waals surface area contributed by atoms with Gasteiger partial charge >= 0.3 is 0 Å². The number of likely N-dealkylation sites (tertiary alicyclic amines) is 1. The monoisotopic (exact) mass is 374 g/mol. The number of nitrogens with zero attached hydrogens (tertiary/aromatic N) is 2. The molecule has 1 aromatic rings. The zero-order valence-electron chi connectivity index (χ0n) is 17.1. The van der Waals surface area contributed by atoms with E-state index in [1.165, 1.54) is 5.56 Å². The molecule has 1 atom stereocenters. The molecular weight excluding hydrogens is 340 g/mol. The lowest BCUT2D eigenvalue weighted by Crippen LogP contribution is -2.44.